The maximum Gasteiger partial charge on any atom is 0.258 e. The Morgan fingerprint density at radius 3 is 2.79 bits per heavy atom. The average molecular weight is 283 g/mol. The Balaban J connectivity index is 2.38. The maximum atomic E-state index is 9.38. The van der Waals surface area contributed by atoms with E-state index in [2.05, 4.69) is 10.1 Å². The second-order valence-corrected chi connectivity index (χ2v) is 4.79. The van der Waals surface area contributed by atoms with Crippen molar-refractivity contribution in [3.8, 4) is 17.2 Å². The summed E-state index contributed by atoms with van der Waals surface area (Å²) in [6.07, 6.45) is 0.721. The van der Waals surface area contributed by atoms with Crippen molar-refractivity contribution >= 4 is 11.6 Å². The Morgan fingerprint density at radius 1 is 1.47 bits per heavy atom. The van der Waals surface area contributed by atoms with Crippen molar-refractivity contribution in [2.45, 2.75) is 25.9 Å². The van der Waals surface area contributed by atoms with E-state index < -0.39 is 5.60 Å². The first-order valence-corrected chi connectivity index (χ1v) is 6.26. The number of ether oxygens (including phenoxy) is 1. The van der Waals surface area contributed by atoms with Crippen molar-refractivity contribution in [3.63, 3.8) is 0 Å². The molecular formula is C13H15ClN2O3. The molecule has 0 spiro atoms. The van der Waals surface area contributed by atoms with Gasteiger partial charge in [0.2, 0.25) is 5.82 Å². The zero-order valence-electron chi connectivity index (χ0n) is 11.0. The first-order valence-electron chi connectivity index (χ1n) is 5.88. The van der Waals surface area contributed by atoms with E-state index in [0.29, 0.717) is 17.3 Å². The molecule has 0 aliphatic carbocycles. The minimum absolute atomic E-state index is 0.0143. The molecule has 1 atom stereocenters. The van der Waals surface area contributed by atoms with Gasteiger partial charge < -0.3 is 14.4 Å². The van der Waals surface area contributed by atoms with Gasteiger partial charge in [0.05, 0.1) is 5.02 Å². The molecule has 0 radical (unpaired) electrons. The number of halogens is 1. The first-order chi connectivity index (χ1) is 9.00. The molecule has 5 nitrogen and oxygen atoms in total. The number of aromatic hydroxyl groups is 1. The van der Waals surface area contributed by atoms with Gasteiger partial charge in [-0.2, -0.15) is 4.98 Å². The molecule has 1 N–H and O–H groups in total. The van der Waals surface area contributed by atoms with Crippen LogP contribution in [0.4, 0.5) is 0 Å². The highest BCUT2D eigenvalue weighted by atomic mass is 35.5. The molecule has 2 rings (SSSR count). The predicted molar refractivity (Wildman–Crippen MR) is 71.1 cm³/mol. The van der Waals surface area contributed by atoms with Crippen LogP contribution in [-0.4, -0.2) is 22.4 Å². The minimum atomic E-state index is -0.581. The van der Waals surface area contributed by atoms with E-state index in [9.17, 15) is 5.11 Å². The molecule has 19 heavy (non-hydrogen) atoms. The normalized spacial score (nSPS) is 14.3. The van der Waals surface area contributed by atoms with Gasteiger partial charge in [-0.1, -0.05) is 23.7 Å². The van der Waals surface area contributed by atoms with E-state index in [0.717, 1.165) is 6.42 Å². The molecule has 2 aromatic rings. The number of aromatic nitrogens is 2. The second kappa shape index (κ2) is 5.19. The number of hydrogen-bond acceptors (Lipinski definition) is 5. The number of benzene rings is 1. The van der Waals surface area contributed by atoms with Gasteiger partial charge in [0.1, 0.15) is 11.4 Å². The molecule has 0 aliphatic rings. The Hall–Kier alpha value is -1.59. The smallest absolute Gasteiger partial charge is 0.258 e. The fourth-order valence-electron chi connectivity index (χ4n) is 1.59. The monoisotopic (exact) mass is 282 g/mol. The highest BCUT2D eigenvalue weighted by molar-refractivity contribution is 6.32. The SMILES string of the molecule is CCC(C)(OC)c1noc(-c2ccc(O)c(Cl)c2)n1. The summed E-state index contributed by atoms with van der Waals surface area (Å²) in [6, 6.07) is 4.72. The maximum absolute atomic E-state index is 9.38. The highest BCUT2D eigenvalue weighted by Crippen LogP contribution is 2.31. The number of phenols is 1. The van der Waals surface area contributed by atoms with Crippen LogP contribution in [0.1, 0.15) is 26.1 Å². The summed E-state index contributed by atoms with van der Waals surface area (Å²) in [5, 5.41) is 13.6. The third-order valence-corrected chi connectivity index (χ3v) is 3.52. The van der Waals surface area contributed by atoms with E-state index in [-0.39, 0.29) is 10.8 Å². The number of phenolic OH excluding ortho intramolecular Hbond substituents is 1. The van der Waals surface area contributed by atoms with Crippen molar-refractivity contribution in [1.29, 1.82) is 0 Å². The fraction of sp³-hybridized carbons (Fsp3) is 0.385. The Kier molecular flexibility index (Phi) is 3.78. The van der Waals surface area contributed by atoms with E-state index >= 15 is 0 Å². The van der Waals surface area contributed by atoms with Crippen molar-refractivity contribution in [1.82, 2.24) is 10.1 Å². The largest absolute Gasteiger partial charge is 0.506 e. The number of hydrogen-bond donors (Lipinski definition) is 1. The summed E-state index contributed by atoms with van der Waals surface area (Å²) in [7, 11) is 1.61. The standard InChI is InChI=1S/C13H15ClN2O3/c1-4-13(2,18-3)12-15-11(19-16-12)8-5-6-10(17)9(14)7-8/h5-7,17H,4H2,1-3H3. The summed E-state index contributed by atoms with van der Waals surface area (Å²) in [5.74, 6) is 0.839. The average Bonchev–Trinajstić information content (AvgIpc) is 2.91. The summed E-state index contributed by atoms with van der Waals surface area (Å²) in [4.78, 5) is 4.32. The summed E-state index contributed by atoms with van der Waals surface area (Å²) < 4.78 is 10.6. The van der Waals surface area contributed by atoms with Crippen molar-refractivity contribution in [2.24, 2.45) is 0 Å². The van der Waals surface area contributed by atoms with Gasteiger partial charge in [0.25, 0.3) is 5.89 Å². The van der Waals surface area contributed by atoms with Gasteiger partial charge in [0, 0.05) is 12.7 Å². The van der Waals surface area contributed by atoms with E-state index in [1.807, 2.05) is 13.8 Å². The van der Waals surface area contributed by atoms with E-state index in [4.69, 9.17) is 20.9 Å². The van der Waals surface area contributed by atoms with Crippen LogP contribution in [0.25, 0.3) is 11.5 Å². The molecule has 0 saturated heterocycles. The minimum Gasteiger partial charge on any atom is -0.506 e. The Labute approximate surface area is 116 Å². The molecule has 0 fully saturated rings. The zero-order valence-corrected chi connectivity index (χ0v) is 11.7. The number of nitrogens with zero attached hydrogens (tertiary/aromatic N) is 2. The molecule has 1 unspecified atom stereocenters. The molecule has 1 aromatic heterocycles. The third-order valence-electron chi connectivity index (χ3n) is 3.22. The number of methoxy groups -OCH3 is 1. The van der Waals surface area contributed by atoms with Gasteiger partial charge in [-0.25, -0.2) is 0 Å². The van der Waals surface area contributed by atoms with Crippen LogP contribution in [0.3, 0.4) is 0 Å². The van der Waals surface area contributed by atoms with Crippen molar-refractivity contribution in [3.05, 3.63) is 29.0 Å². The van der Waals surface area contributed by atoms with Crippen LogP contribution in [0.5, 0.6) is 5.75 Å². The molecule has 102 valence electrons. The molecular weight excluding hydrogens is 268 g/mol. The molecule has 0 amide bonds. The van der Waals surface area contributed by atoms with Gasteiger partial charge >= 0.3 is 0 Å². The molecule has 0 aliphatic heterocycles. The quantitative estimate of drug-likeness (QED) is 0.931. The highest BCUT2D eigenvalue weighted by Gasteiger charge is 2.30. The van der Waals surface area contributed by atoms with Crippen LogP contribution < -0.4 is 0 Å². The lowest BCUT2D eigenvalue weighted by atomic mass is 10.0. The van der Waals surface area contributed by atoms with Gasteiger partial charge in [-0.3, -0.25) is 0 Å². The topological polar surface area (TPSA) is 68.4 Å². The lowest BCUT2D eigenvalue weighted by Gasteiger charge is -2.21. The van der Waals surface area contributed by atoms with E-state index in [1.54, 1.807) is 19.2 Å². The third kappa shape index (κ3) is 2.57. The summed E-state index contributed by atoms with van der Waals surface area (Å²) in [6.45, 7) is 3.88. The Bertz CT molecular complexity index is 579. The predicted octanol–water partition coefficient (Wildman–Crippen LogP) is 3.37. The summed E-state index contributed by atoms with van der Waals surface area (Å²) in [5.41, 5.74) is 0.0683. The Morgan fingerprint density at radius 2 is 2.21 bits per heavy atom. The molecule has 0 saturated carbocycles. The van der Waals surface area contributed by atoms with Crippen LogP contribution in [-0.2, 0) is 10.3 Å². The zero-order chi connectivity index (χ0) is 14.0. The molecule has 1 heterocycles. The molecule has 0 bridgehead atoms. The van der Waals surface area contributed by atoms with Crippen LogP contribution in [0.15, 0.2) is 22.7 Å². The van der Waals surface area contributed by atoms with Crippen LogP contribution >= 0.6 is 11.6 Å². The van der Waals surface area contributed by atoms with Gasteiger partial charge in [-0.15, -0.1) is 0 Å². The lowest BCUT2D eigenvalue weighted by Crippen LogP contribution is -2.24. The summed E-state index contributed by atoms with van der Waals surface area (Å²) >= 11 is 5.85. The fourth-order valence-corrected chi connectivity index (χ4v) is 1.77. The van der Waals surface area contributed by atoms with Crippen molar-refractivity contribution in [2.75, 3.05) is 7.11 Å². The lowest BCUT2D eigenvalue weighted by molar-refractivity contribution is -0.0106. The molecule has 1 aromatic carbocycles. The van der Waals surface area contributed by atoms with Crippen LogP contribution in [0.2, 0.25) is 5.02 Å². The number of rotatable bonds is 4. The van der Waals surface area contributed by atoms with Gasteiger partial charge in [-0.05, 0) is 31.5 Å². The molecule has 6 heteroatoms. The van der Waals surface area contributed by atoms with Gasteiger partial charge in [0.15, 0.2) is 0 Å². The first kappa shape index (κ1) is 13.8. The van der Waals surface area contributed by atoms with Crippen LogP contribution in [0, 0.1) is 0 Å². The second-order valence-electron chi connectivity index (χ2n) is 4.38. The van der Waals surface area contributed by atoms with Crippen molar-refractivity contribution < 1.29 is 14.4 Å². The van der Waals surface area contributed by atoms with E-state index in [1.165, 1.54) is 6.07 Å².